The van der Waals surface area contributed by atoms with E-state index in [2.05, 4.69) is 26.6 Å². The van der Waals surface area contributed by atoms with Gasteiger partial charge >= 0.3 is 0 Å². The van der Waals surface area contributed by atoms with E-state index in [1.807, 2.05) is 49.4 Å². The Bertz CT molecular complexity index is 1230. The van der Waals surface area contributed by atoms with Crippen molar-refractivity contribution >= 4 is 48.9 Å². The van der Waals surface area contributed by atoms with Crippen molar-refractivity contribution in [3.8, 4) is 0 Å². The van der Waals surface area contributed by atoms with Gasteiger partial charge in [0.15, 0.2) is 0 Å². The predicted molar refractivity (Wildman–Crippen MR) is 150 cm³/mol. The highest BCUT2D eigenvalue weighted by molar-refractivity contribution is 9.11. The van der Waals surface area contributed by atoms with E-state index in [-0.39, 0.29) is 11.7 Å². The SMILES string of the molecule is CCCS(=O)(=O)N(C)c1cccc(C(=O)NC(Cc2ccccc2)C(O)CNCc2ccc(Br)s2)c1. The predicted octanol–water partition coefficient (Wildman–Crippen LogP) is 4.18. The molecule has 7 nitrogen and oxygen atoms in total. The molecule has 3 N–H and O–H groups in total. The van der Waals surface area contributed by atoms with Gasteiger partial charge in [0.1, 0.15) is 0 Å². The van der Waals surface area contributed by atoms with Gasteiger partial charge in [0.25, 0.3) is 5.91 Å². The van der Waals surface area contributed by atoms with Crippen molar-refractivity contribution in [2.45, 2.75) is 38.5 Å². The minimum Gasteiger partial charge on any atom is -0.390 e. The lowest BCUT2D eigenvalue weighted by Gasteiger charge is -2.25. The van der Waals surface area contributed by atoms with Crippen LogP contribution in [0.4, 0.5) is 5.69 Å². The van der Waals surface area contributed by atoms with Crippen LogP contribution in [0.25, 0.3) is 0 Å². The van der Waals surface area contributed by atoms with Gasteiger partial charge in [0.2, 0.25) is 10.0 Å². The van der Waals surface area contributed by atoms with Gasteiger partial charge < -0.3 is 15.7 Å². The minimum atomic E-state index is -3.46. The molecule has 10 heteroatoms. The lowest BCUT2D eigenvalue weighted by molar-refractivity contribution is 0.0830. The molecule has 2 atom stereocenters. The van der Waals surface area contributed by atoms with E-state index >= 15 is 0 Å². The van der Waals surface area contributed by atoms with Crippen molar-refractivity contribution in [3.05, 3.63) is 86.5 Å². The van der Waals surface area contributed by atoms with Crippen LogP contribution in [-0.4, -0.2) is 50.9 Å². The maximum atomic E-state index is 13.2. The van der Waals surface area contributed by atoms with Crippen LogP contribution in [0.15, 0.2) is 70.5 Å². The second-order valence-electron chi connectivity index (χ2n) is 8.51. The highest BCUT2D eigenvalue weighted by Crippen LogP contribution is 2.22. The largest absolute Gasteiger partial charge is 0.390 e. The number of sulfonamides is 1. The van der Waals surface area contributed by atoms with E-state index < -0.39 is 22.2 Å². The standard InChI is InChI=1S/C26H32BrN3O4S2/c1-3-14-36(33,34)30(2)21-11-7-10-20(16-21)26(32)29-23(15-19-8-5-4-6-9-19)24(31)18-28-17-22-12-13-25(27)35-22/h4-13,16,23-24,28,31H,3,14-15,17-18H2,1-2H3,(H,29,32). The van der Waals surface area contributed by atoms with Crippen LogP contribution >= 0.6 is 27.3 Å². The highest BCUT2D eigenvalue weighted by atomic mass is 79.9. The van der Waals surface area contributed by atoms with Crippen molar-refractivity contribution in [2.24, 2.45) is 0 Å². The van der Waals surface area contributed by atoms with Crippen LogP contribution in [0.2, 0.25) is 0 Å². The van der Waals surface area contributed by atoms with Gasteiger partial charge in [-0.2, -0.15) is 0 Å². The maximum Gasteiger partial charge on any atom is 0.251 e. The molecule has 0 saturated heterocycles. The third kappa shape index (κ3) is 8.14. The summed E-state index contributed by atoms with van der Waals surface area (Å²) < 4.78 is 27.2. The number of nitrogens with zero attached hydrogens (tertiary/aromatic N) is 1. The van der Waals surface area contributed by atoms with Crippen LogP contribution in [0.5, 0.6) is 0 Å². The Morgan fingerprint density at radius 3 is 2.53 bits per heavy atom. The number of amides is 1. The molecule has 2 unspecified atom stereocenters. The van der Waals surface area contributed by atoms with Gasteiger partial charge in [-0.1, -0.05) is 43.3 Å². The fraction of sp³-hybridized carbons (Fsp3) is 0.346. The molecule has 2 aromatic carbocycles. The van der Waals surface area contributed by atoms with Gasteiger partial charge in [-0.05, 0) is 64.7 Å². The highest BCUT2D eigenvalue weighted by Gasteiger charge is 2.24. The molecule has 1 amide bonds. The molecule has 1 heterocycles. The summed E-state index contributed by atoms with van der Waals surface area (Å²) in [5.41, 5.74) is 1.73. The Morgan fingerprint density at radius 2 is 1.86 bits per heavy atom. The number of aliphatic hydroxyl groups is 1. The Labute approximate surface area is 225 Å². The number of anilines is 1. The zero-order valence-corrected chi connectivity index (χ0v) is 23.6. The smallest absolute Gasteiger partial charge is 0.251 e. The fourth-order valence-electron chi connectivity index (χ4n) is 3.73. The maximum absolute atomic E-state index is 13.2. The summed E-state index contributed by atoms with van der Waals surface area (Å²) in [4.78, 5) is 14.3. The first-order valence-electron chi connectivity index (χ1n) is 11.7. The van der Waals surface area contributed by atoms with Crippen LogP contribution in [0.3, 0.4) is 0 Å². The van der Waals surface area contributed by atoms with Gasteiger partial charge in [0, 0.05) is 30.6 Å². The number of benzene rings is 2. The Balaban J connectivity index is 1.72. The summed E-state index contributed by atoms with van der Waals surface area (Å²) in [7, 11) is -1.98. The van der Waals surface area contributed by atoms with Crippen molar-refractivity contribution in [3.63, 3.8) is 0 Å². The zero-order valence-electron chi connectivity index (χ0n) is 20.4. The molecule has 0 fully saturated rings. The number of rotatable bonds is 13. The first-order chi connectivity index (χ1) is 17.2. The van der Waals surface area contributed by atoms with Crippen molar-refractivity contribution in [1.82, 2.24) is 10.6 Å². The van der Waals surface area contributed by atoms with Gasteiger partial charge in [0.05, 0.1) is 27.4 Å². The molecule has 0 saturated carbocycles. The molecule has 36 heavy (non-hydrogen) atoms. The van der Waals surface area contributed by atoms with E-state index in [9.17, 15) is 18.3 Å². The minimum absolute atomic E-state index is 0.0285. The van der Waals surface area contributed by atoms with E-state index in [1.54, 1.807) is 35.6 Å². The summed E-state index contributed by atoms with van der Waals surface area (Å²) in [6.07, 6.45) is 0.113. The molecule has 1 aromatic heterocycles. The van der Waals surface area contributed by atoms with E-state index in [0.717, 1.165) is 14.2 Å². The Hall–Kier alpha value is -2.24. The fourth-order valence-corrected chi connectivity index (χ4v) is 6.41. The van der Waals surface area contributed by atoms with Crippen molar-refractivity contribution < 1.29 is 18.3 Å². The lowest BCUT2D eigenvalue weighted by Crippen LogP contribution is -2.48. The molecule has 0 aliphatic rings. The molecule has 0 aliphatic carbocycles. The quantitative estimate of drug-likeness (QED) is 0.276. The molecule has 3 rings (SSSR count). The number of hydrogen-bond donors (Lipinski definition) is 3. The number of nitrogens with one attached hydrogen (secondary N) is 2. The van der Waals surface area contributed by atoms with Gasteiger partial charge in [-0.25, -0.2) is 8.42 Å². The summed E-state index contributed by atoms with van der Waals surface area (Å²) >= 11 is 5.08. The second-order valence-corrected chi connectivity index (χ2v) is 13.2. The second kappa shape index (κ2) is 13.3. The van der Waals surface area contributed by atoms with Crippen LogP contribution < -0.4 is 14.9 Å². The Morgan fingerprint density at radius 1 is 1.11 bits per heavy atom. The molecular weight excluding hydrogens is 562 g/mol. The van der Waals surface area contributed by atoms with Crippen LogP contribution in [0, 0.1) is 0 Å². The third-order valence-electron chi connectivity index (χ3n) is 5.71. The first-order valence-corrected chi connectivity index (χ1v) is 15.0. The average molecular weight is 595 g/mol. The number of carbonyl (C=O) groups excluding carboxylic acids is 1. The molecular formula is C26H32BrN3O4S2. The molecule has 194 valence electrons. The molecule has 0 aliphatic heterocycles. The summed E-state index contributed by atoms with van der Waals surface area (Å²) in [5.74, 6) is -0.346. The molecule has 0 spiro atoms. The lowest BCUT2D eigenvalue weighted by atomic mass is 10.0. The molecule has 0 bridgehead atoms. The number of carbonyl (C=O) groups is 1. The molecule has 0 radical (unpaired) electrons. The first kappa shape index (κ1) is 28.3. The monoisotopic (exact) mass is 593 g/mol. The van der Waals surface area contributed by atoms with Crippen molar-refractivity contribution in [2.75, 3.05) is 23.7 Å². The van der Waals surface area contributed by atoms with Crippen molar-refractivity contribution in [1.29, 1.82) is 0 Å². The molecule has 3 aromatic rings. The van der Waals surface area contributed by atoms with Crippen LogP contribution in [0.1, 0.15) is 34.1 Å². The average Bonchev–Trinajstić information content (AvgIpc) is 3.28. The summed E-state index contributed by atoms with van der Waals surface area (Å²) in [6, 6.07) is 19.6. The van der Waals surface area contributed by atoms with Crippen LogP contribution in [-0.2, 0) is 23.0 Å². The Kier molecular flexibility index (Phi) is 10.5. The topological polar surface area (TPSA) is 98.7 Å². The number of aliphatic hydroxyl groups excluding tert-OH is 1. The third-order valence-corrected chi connectivity index (χ3v) is 9.31. The number of thiophene rings is 1. The van der Waals surface area contributed by atoms with E-state index in [0.29, 0.717) is 37.2 Å². The summed E-state index contributed by atoms with van der Waals surface area (Å²) in [6.45, 7) is 2.72. The van der Waals surface area contributed by atoms with Gasteiger partial charge in [-0.15, -0.1) is 11.3 Å². The van der Waals surface area contributed by atoms with E-state index in [4.69, 9.17) is 0 Å². The van der Waals surface area contributed by atoms with Gasteiger partial charge in [-0.3, -0.25) is 9.10 Å². The number of hydrogen-bond acceptors (Lipinski definition) is 6. The van der Waals surface area contributed by atoms with E-state index in [1.165, 1.54) is 11.4 Å². The zero-order chi connectivity index (χ0) is 26.1. The number of halogens is 1. The summed E-state index contributed by atoms with van der Waals surface area (Å²) in [5, 5.41) is 17.2. The normalized spacial score (nSPS) is 13.2.